The molecular weight excluding hydrogens is 228 g/mol. The number of ether oxygens (including phenoxy) is 1. The van der Waals surface area contributed by atoms with Crippen LogP contribution in [0, 0.1) is 0 Å². The van der Waals surface area contributed by atoms with E-state index in [4.69, 9.17) is 14.9 Å². The van der Waals surface area contributed by atoms with Crippen LogP contribution >= 0.6 is 0 Å². The van der Waals surface area contributed by atoms with E-state index in [2.05, 4.69) is 5.32 Å². The summed E-state index contributed by atoms with van der Waals surface area (Å²) in [6.07, 6.45) is 0.163. The van der Waals surface area contributed by atoms with Gasteiger partial charge in [0.2, 0.25) is 0 Å². The Balaban J connectivity index is 2.27. The minimum absolute atomic E-state index is 0.184. The predicted molar refractivity (Wildman–Crippen MR) is 58.6 cm³/mol. The van der Waals surface area contributed by atoms with Crippen molar-refractivity contribution in [3.8, 4) is 0 Å². The van der Waals surface area contributed by atoms with E-state index >= 15 is 0 Å². The molecule has 1 saturated heterocycles. The highest BCUT2D eigenvalue weighted by molar-refractivity contribution is 5.76. The number of rotatable bonds is 4. The summed E-state index contributed by atoms with van der Waals surface area (Å²) in [6.45, 7) is 0.874. The number of aliphatic hydroxyl groups is 1. The average molecular weight is 246 g/mol. The molecule has 7 nitrogen and oxygen atoms in total. The highest BCUT2D eigenvalue weighted by Crippen LogP contribution is 2.12. The number of methoxy groups -OCH3 is 1. The summed E-state index contributed by atoms with van der Waals surface area (Å²) in [7, 11) is 1.64. The van der Waals surface area contributed by atoms with Crippen LogP contribution in [0.5, 0.6) is 0 Å². The second kappa shape index (κ2) is 6.41. The fraction of sp³-hybridized carbons (Fsp3) is 0.800. The number of aliphatic hydroxyl groups excluding tert-OH is 1. The Labute approximate surface area is 99.4 Å². The van der Waals surface area contributed by atoms with Crippen LogP contribution in [0.25, 0.3) is 0 Å². The highest BCUT2D eigenvalue weighted by atomic mass is 16.5. The van der Waals surface area contributed by atoms with E-state index in [1.807, 2.05) is 0 Å². The van der Waals surface area contributed by atoms with E-state index < -0.39 is 12.1 Å². The van der Waals surface area contributed by atoms with Crippen LogP contribution in [0.1, 0.15) is 12.8 Å². The summed E-state index contributed by atoms with van der Waals surface area (Å²) >= 11 is 0. The molecule has 1 rings (SSSR count). The lowest BCUT2D eigenvalue weighted by Gasteiger charge is -2.31. The van der Waals surface area contributed by atoms with Gasteiger partial charge in [0.05, 0.1) is 12.6 Å². The standard InChI is InChI=1S/C10H18N2O5/c1-17-7-2-4-12(5-3-7)10(16)11-6-8(13)9(14)15/h7-8,13H,2-6H2,1H3,(H,11,16)(H,14,15)/t8-/m0/s1. The monoisotopic (exact) mass is 246 g/mol. The molecule has 0 unspecified atom stereocenters. The first-order chi connectivity index (χ1) is 8.04. The minimum Gasteiger partial charge on any atom is -0.479 e. The molecule has 7 heteroatoms. The van der Waals surface area contributed by atoms with Gasteiger partial charge < -0.3 is 25.2 Å². The van der Waals surface area contributed by atoms with Crippen molar-refractivity contribution in [3.05, 3.63) is 0 Å². The number of nitrogens with one attached hydrogen (secondary N) is 1. The third-order valence-corrected chi connectivity index (χ3v) is 2.79. The second-order valence-electron chi connectivity index (χ2n) is 3.96. The number of nitrogens with zero attached hydrogens (tertiary/aromatic N) is 1. The molecule has 0 aliphatic carbocycles. The number of hydrogen-bond donors (Lipinski definition) is 3. The number of carboxylic acids is 1. The molecule has 0 saturated carbocycles. The Kier molecular flexibility index (Phi) is 5.17. The van der Waals surface area contributed by atoms with Crippen molar-refractivity contribution in [2.75, 3.05) is 26.7 Å². The summed E-state index contributed by atoms with van der Waals surface area (Å²) in [5, 5.41) is 19.8. The number of urea groups is 1. The minimum atomic E-state index is -1.56. The molecule has 0 bridgehead atoms. The summed E-state index contributed by atoms with van der Waals surface area (Å²) in [5.41, 5.74) is 0. The number of likely N-dealkylation sites (tertiary alicyclic amines) is 1. The lowest BCUT2D eigenvalue weighted by Crippen LogP contribution is -2.48. The number of carboxylic acid groups (broad SMARTS) is 1. The van der Waals surface area contributed by atoms with Gasteiger partial charge in [-0.15, -0.1) is 0 Å². The van der Waals surface area contributed by atoms with Crippen LogP contribution in [0.3, 0.4) is 0 Å². The van der Waals surface area contributed by atoms with E-state index in [1.54, 1.807) is 12.0 Å². The van der Waals surface area contributed by atoms with Crippen LogP contribution in [-0.4, -0.2) is 66.1 Å². The zero-order valence-electron chi connectivity index (χ0n) is 9.76. The molecule has 17 heavy (non-hydrogen) atoms. The van der Waals surface area contributed by atoms with Gasteiger partial charge in [-0.2, -0.15) is 0 Å². The Morgan fingerprint density at radius 1 is 1.47 bits per heavy atom. The van der Waals surface area contributed by atoms with Crippen molar-refractivity contribution in [2.24, 2.45) is 0 Å². The molecule has 0 aromatic rings. The topological polar surface area (TPSA) is 99.1 Å². The summed E-state index contributed by atoms with van der Waals surface area (Å²) < 4.78 is 5.17. The molecule has 0 radical (unpaired) electrons. The molecule has 1 fully saturated rings. The van der Waals surface area contributed by atoms with Crippen LogP contribution < -0.4 is 5.32 Å². The summed E-state index contributed by atoms with van der Waals surface area (Å²) in [6, 6.07) is -0.347. The molecule has 0 aromatic carbocycles. The van der Waals surface area contributed by atoms with E-state index in [0.717, 1.165) is 12.8 Å². The van der Waals surface area contributed by atoms with E-state index in [0.29, 0.717) is 13.1 Å². The first-order valence-electron chi connectivity index (χ1n) is 5.51. The molecular formula is C10H18N2O5. The lowest BCUT2D eigenvalue weighted by atomic mass is 10.1. The summed E-state index contributed by atoms with van der Waals surface area (Å²) in [5.74, 6) is -1.34. The fourth-order valence-electron chi connectivity index (χ4n) is 1.68. The molecule has 3 N–H and O–H groups in total. The van der Waals surface area contributed by atoms with Gasteiger partial charge in [0, 0.05) is 20.2 Å². The van der Waals surface area contributed by atoms with Gasteiger partial charge in [0.25, 0.3) is 0 Å². The van der Waals surface area contributed by atoms with Crippen LogP contribution in [-0.2, 0) is 9.53 Å². The van der Waals surface area contributed by atoms with Crippen molar-refractivity contribution in [1.82, 2.24) is 10.2 Å². The van der Waals surface area contributed by atoms with Gasteiger partial charge in [-0.05, 0) is 12.8 Å². The molecule has 2 amide bonds. The number of piperidine rings is 1. The number of hydrogen-bond acceptors (Lipinski definition) is 4. The lowest BCUT2D eigenvalue weighted by molar-refractivity contribution is -0.146. The van der Waals surface area contributed by atoms with Crippen LogP contribution in [0.15, 0.2) is 0 Å². The SMILES string of the molecule is COC1CCN(C(=O)NC[C@H](O)C(=O)O)CC1. The largest absolute Gasteiger partial charge is 0.479 e. The number of carbonyl (C=O) groups is 2. The molecule has 1 aliphatic heterocycles. The number of amides is 2. The van der Waals surface area contributed by atoms with Crippen molar-refractivity contribution >= 4 is 12.0 Å². The molecule has 0 spiro atoms. The van der Waals surface area contributed by atoms with Gasteiger partial charge in [0.1, 0.15) is 0 Å². The van der Waals surface area contributed by atoms with E-state index in [9.17, 15) is 9.59 Å². The summed E-state index contributed by atoms with van der Waals surface area (Å²) in [4.78, 5) is 23.5. The van der Waals surface area contributed by atoms with Crippen LogP contribution in [0.2, 0.25) is 0 Å². The molecule has 1 aliphatic rings. The molecule has 1 atom stereocenters. The Bertz CT molecular complexity index is 276. The van der Waals surface area contributed by atoms with E-state index in [1.165, 1.54) is 0 Å². The third kappa shape index (κ3) is 4.20. The maximum atomic E-state index is 11.6. The quantitative estimate of drug-likeness (QED) is 0.606. The highest BCUT2D eigenvalue weighted by Gasteiger charge is 2.23. The van der Waals surface area contributed by atoms with Crippen molar-refractivity contribution in [1.29, 1.82) is 0 Å². The normalized spacial score (nSPS) is 18.8. The van der Waals surface area contributed by atoms with Crippen molar-refractivity contribution in [3.63, 3.8) is 0 Å². The number of carbonyl (C=O) groups excluding carboxylic acids is 1. The Hall–Kier alpha value is -1.34. The Morgan fingerprint density at radius 3 is 2.53 bits per heavy atom. The smallest absolute Gasteiger partial charge is 0.334 e. The molecule has 98 valence electrons. The zero-order valence-corrected chi connectivity index (χ0v) is 9.76. The van der Waals surface area contributed by atoms with Crippen LogP contribution in [0.4, 0.5) is 4.79 Å². The molecule has 0 aromatic heterocycles. The maximum absolute atomic E-state index is 11.6. The van der Waals surface area contributed by atoms with Gasteiger partial charge in [-0.3, -0.25) is 0 Å². The maximum Gasteiger partial charge on any atom is 0.334 e. The van der Waals surface area contributed by atoms with Gasteiger partial charge in [-0.25, -0.2) is 9.59 Å². The molecule has 1 heterocycles. The van der Waals surface area contributed by atoms with Gasteiger partial charge >= 0.3 is 12.0 Å². The van der Waals surface area contributed by atoms with E-state index in [-0.39, 0.29) is 18.7 Å². The number of aliphatic carboxylic acids is 1. The van der Waals surface area contributed by atoms with Gasteiger partial charge in [-0.1, -0.05) is 0 Å². The first kappa shape index (κ1) is 13.7. The second-order valence-corrected chi connectivity index (χ2v) is 3.96. The van der Waals surface area contributed by atoms with Crippen molar-refractivity contribution < 1.29 is 24.5 Å². The zero-order chi connectivity index (χ0) is 12.8. The fourth-order valence-corrected chi connectivity index (χ4v) is 1.68. The Morgan fingerprint density at radius 2 is 2.06 bits per heavy atom. The third-order valence-electron chi connectivity index (χ3n) is 2.79. The first-order valence-corrected chi connectivity index (χ1v) is 5.51. The average Bonchev–Trinajstić information content (AvgIpc) is 2.35. The predicted octanol–water partition coefficient (Wildman–Crippen LogP) is -0.748. The van der Waals surface area contributed by atoms with Crippen molar-refractivity contribution in [2.45, 2.75) is 25.0 Å². The van der Waals surface area contributed by atoms with Gasteiger partial charge in [0.15, 0.2) is 6.10 Å².